The van der Waals surface area contributed by atoms with Crippen LogP contribution in [-0.2, 0) is 53.1 Å². The molecule has 3 aromatic carbocycles. The van der Waals surface area contributed by atoms with Crippen molar-refractivity contribution in [1.29, 1.82) is 0 Å². The first-order valence-electron chi connectivity index (χ1n) is 18.6. The molecule has 54 heavy (non-hydrogen) atoms. The minimum Gasteiger partial charge on any atom is -0.459 e. The van der Waals surface area contributed by atoms with Crippen LogP contribution in [0.1, 0.15) is 58.2 Å². The summed E-state index contributed by atoms with van der Waals surface area (Å²) in [6.07, 6.45) is -2.31. The van der Waals surface area contributed by atoms with Crippen molar-refractivity contribution < 1.29 is 43.5 Å². The largest absolute Gasteiger partial charge is 0.459 e. The first-order chi connectivity index (χ1) is 25.8. The first-order valence-corrected chi connectivity index (χ1v) is 18.6. The molecule has 0 unspecified atom stereocenters. The van der Waals surface area contributed by atoms with Gasteiger partial charge in [-0.15, -0.1) is 0 Å². The number of aliphatic hydroxyl groups is 2. The third-order valence-electron chi connectivity index (χ3n) is 8.65. The molecule has 3 aromatic rings. The molecule has 0 spiro atoms. The molecule has 0 aliphatic heterocycles. The fourth-order valence-corrected chi connectivity index (χ4v) is 6.40. The van der Waals surface area contributed by atoms with Gasteiger partial charge in [0.15, 0.2) is 0 Å². The van der Waals surface area contributed by atoms with Gasteiger partial charge < -0.3 is 39.2 Å². The summed E-state index contributed by atoms with van der Waals surface area (Å²) >= 11 is 0. The van der Waals surface area contributed by atoms with Crippen LogP contribution in [0.25, 0.3) is 0 Å². The number of aliphatic hydroxyl groups excluding tert-OH is 2. The second kappa shape index (κ2) is 20.8. The third kappa shape index (κ3) is 14.2. The average molecular weight is 750 g/mol. The average Bonchev–Trinajstić information content (AvgIpc) is 3.13. The molecule has 0 heterocycles. The Hall–Kier alpha value is -3.72. The topological polar surface area (TPSA) is 157 Å². The summed E-state index contributed by atoms with van der Waals surface area (Å²) in [5.74, 6) is -0.945. The van der Waals surface area contributed by atoms with E-state index in [9.17, 15) is 19.8 Å². The molecule has 12 nitrogen and oxygen atoms in total. The molecule has 0 amide bonds. The smallest absolute Gasteiger partial charge is 0.320 e. The molecule has 1 fully saturated rings. The minimum atomic E-state index is -0.769. The second-order valence-electron chi connectivity index (χ2n) is 15.5. The van der Waals surface area contributed by atoms with Crippen LogP contribution in [0.15, 0.2) is 91.0 Å². The van der Waals surface area contributed by atoms with Crippen molar-refractivity contribution in [2.45, 2.75) is 115 Å². The summed E-state index contributed by atoms with van der Waals surface area (Å²) < 4.78 is 31.8. The Bertz CT molecular complexity index is 1440. The minimum absolute atomic E-state index is 0.178. The maximum atomic E-state index is 13.2. The molecule has 296 valence electrons. The van der Waals surface area contributed by atoms with Crippen LogP contribution >= 0.6 is 0 Å². The lowest BCUT2D eigenvalue weighted by Crippen LogP contribution is -2.76. The lowest BCUT2D eigenvalue weighted by Gasteiger charge is -2.52. The van der Waals surface area contributed by atoms with Crippen molar-refractivity contribution >= 4 is 11.9 Å². The van der Waals surface area contributed by atoms with Crippen LogP contribution in [0.4, 0.5) is 0 Å². The number of carbonyl (C=O) groups is 2. The molecule has 0 aromatic heterocycles. The highest BCUT2D eigenvalue weighted by Crippen LogP contribution is 2.31. The normalized spacial score (nSPS) is 21.9. The Morgan fingerprint density at radius 1 is 0.556 bits per heavy atom. The molecular formula is C42H59N3O9. The monoisotopic (exact) mass is 749 g/mol. The van der Waals surface area contributed by atoms with Gasteiger partial charge in [0.05, 0.1) is 88.6 Å². The van der Waals surface area contributed by atoms with Gasteiger partial charge in [0, 0.05) is 0 Å². The lowest BCUT2D eigenvalue weighted by molar-refractivity contribution is -0.171. The quantitative estimate of drug-likeness (QED) is 0.114. The zero-order chi connectivity index (χ0) is 39.1. The van der Waals surface area contributed by atoms with E-state index in [0.717, 1.165) is 16.7 Å². The zero-order valence-corrected chi connectivity index (χ0v) is 32.4. The summed E-state index contributed by atoms with van der Waals surface area (Å²) in [4.78, 5) is 26.5. The predicted molar refractivity (Wildman–Crippen MR) is 205 cm³/mol. The molecule has 0 saturated heterocycles. The van der Waals surface area contributed by atoms with Crippen molar-refractivity contribution in [2.75, 3.05) is 26.3 Å². The van der Waals surface area contributed by atoms with E-state index >= 15 is 0 Å². The number of hydrogen-bond donors (Lipinski definition) is 5. The van der Waals surface area contributed by atoms with Gasteiger partial charge in [0.2, 0.25) is 0 Å². The van der Waals surface area contributed by atoms with Crippen LogP contribution in [0.5, 0.6) is 0 Å². The highest BCUT2D eigenvalue weighted by Gasteiger charge is 2.53. The van der Waals surface area contributed by atoms with Crippen LogP contribution in [0.2, 0.25) is 0 Å². The van der Waals surface area contributed by atoms with Crippen molar-refractivity contribution in [2.24, 2.45) is 0 Å². The molecular weight excluding hydrogens is 690 g/mol. The molecule has 0 bridgehead atoms. The van der Waals surface area contributed by atoms with Gasteiger partial charge >= 0.3 is 11.9 Å². The highest BCUT2D eigenvalue weighted by molar-refractivity contribution is 5.72. The Kier molecular flexibility index (Phi) is 16.6. The lowest BCUT2D eigenvalue weighted by atomic mass is 9.78. The van der Waals surface area contributed by atoms with Crippen LogP contribution in [0, 0.1) is 0 Å². The maximum Gasteiger partial charge on any atom is 0.320 e. The number of hydrogen-bond acceptors (Lipinski definition) is 12. The number of benzene rings is 3. The summed E-state index contributed by atoms with van der Waals surface area (Å²) in [6.45, 7) is 10.3. The third-order valence-corrected chi connectivity index (χ3v) is 8.65. The van der Waals surface area contributed by atoms with E-state index in [1.165, 1.54) is 0 Å². The molecule has 1 aliphatic rings. The van der Waals surface area contributed by atoms with Crippen LogP contribution in [-0.4, -0.2) is 102 Å². The summed E-state index contributed by atoms with van der Waals surface area (Å²) in [6, 6.07) is 26.2. The summed E-state index contributed by atoms with van der Waals surface area (Å²) in [5, 5.41) is 30.9. The van der Waals surface area contributed by atoms with Gasteiger partial charge in [0.1, 0.15) is 11.2 Å². The SMILES string of the molecule is CC(C)(C)OC(=O)CN[C@@H]1[C@H](OCc2ccccc2)[C@H](NCC(=O)OC(C)(C)C)[C@H](OCc2ccccc2)[C@H](NC(CO)CO)[C@@H]1OCc1ccccc1. The van der Waals surface area contributed by atoms with E-state index in [0.29, 0.717) is 0 Å². The fraction of sp³-hybridized carbons (Fsp3) is 0.524. The number of esters is 2. The van der Waals surface area contributed by atoms with E-state index in [4.69, 9.17) is 23.7 Å². The summed E-state index contributed by atoms with van der Waals surface area (Å²) in [5.41, 5.74) is 1.31. The molecule has 6 atom stereocenters. The second-order valence-corrected chi connectivity index (χ2v) is 15.5. The van der Waals surface area contributed by atoms with Crippen molar-refractivity contribution in [3.8, 4) is 0 Å². The van der Waals surface area contributed by atoms with E-state index in [2.05, 4.69) is 16.0 Å². The van der Waals surface area contributed by atoms with Gasteiger partial charge in [-0.3, -0.25) is 20.2 Å². The first kappa shape index (κ1) is 43.0. The Morgan fingerprint density at radius 3 is 1.17 bits per heavy atom. The highest BCUT2D eigenvalue weighted by atomic mass is 16.6. The predicted octanol–water partition coefficient (Wildman–Crippen LogP) is 3.67. The number of carbonyl (C=O) groups excluding carboxylic acids is 2. The zero-order valence-electron chi connectivity index (χ0n) is 32.4. The van der Waals surface area contributed by atoms with Crippen LogP contribution in [0.3, 0.4) is 0 Å². The molecule has 0 radical (unpaired) electrons. The van der Waals surface area contributed by atoms with Crippen molar-refractivity contribution in [1.82, 2.24) is 16.0 Å². The molecule has 12 heteroatoms. The van der Waals surface area contributed by atoms with E-state index < -0.39 is 65.6 Å². The number of rotatable bonds is 19. The Morgan fingerprint density at radius 2 is 0.870 bits per heavy atom. The van der Waals surface area contributed by atoms with Crippen molar-refractivity contribution in [3.63, 3.8) is 0 Å². The number of nitrogens with one attached hydrogen (secondary N) is 3. The van der Waals surface area contributed by atoms with Gasteiger partial charge in [-0.1, -0.05) is 91.0 Å². The standard InChI is InChI=1S/C42H59N3O9/c1-41(2,3)53-33(48)22-43-35-38(50-26-29-16-10-7-11-17-29)36(44-23-34(49)54-42(4,5)6)40(52-28-31-20-14-9-15-21-31)37(45-32(24-46)25-47)39(35)51-27-30-18-12-8-13-19-30/h7-21,32,35-40,43-47H,22-28H2,1-6H3/t35-,36+,37-,38+,39-,40+. The summed E-state index contributed by atoms with van der Waals surface area (Å²) in [7, 11) is 0. The Labute approximate surface area is 319 Å². The van der Waals surface area contributed by atoms with E-state index in [1.54, 1.807) is 41.5 Å². The van der Waals surface area contributed by atoms with E-state index in [-0.39, 0.29) is 46.1 Å². The van der Waals surface area contributed by atoms with Gasteiger partial charge in [-0.05, 0) is 58.2 Å². The Balaban J connectivity index is 1.83. The van der Waals surface area contributed by atoms with Gasteiger partial charge in [-0.25, -0.2) is 0 Å². The van der Waals surface area contributed by atoms with Gasteiger partial charge in [-0.2, -0.15) is 0 Å². The maximum absolute atomic E-state index is 13.2. The van der Waals surface area contributed by atoms with Crippen LogP contribution < -0.4 is 16.0 Å². The number of ether oxygens (including phenoxy) is 5. The molecule has 1 aliphatic carbocycles. The molecule has 1 saturated carbocycles. The molecule has 4 rings (SSSR count). The molecule has 5 N–H and O–H groups in total. The van der Waals surface area contributed by atoms with Crippen molar-refractivity contribution in [3.05, 3.63) is 108 Å². The fourth-order valence-electron chi connectivity index (χ4n) is 6.40. The van der Waals surface area contributed by atoms with E-state index in [1.807, 2.05) is 91.0 Å². The van der Waals surface area contributed by atoms with Gasteiger partial charge in [0.25, 0.3) is 0 Å².